The maximum atomic E-state index is 12.6. The molecule has 0 saturated carbocycles. The van der Waals surface area contributed by atoms with Gasteiger partial charge in [-0.05, 0) is 196 Å². The predicted octanol–water partition coefficient (Wildman–Crippen LogP) is 13.4. The van der Waals surface area contributed by atoms with E-state index in [1.807, 2.05) is 72.8 Å². The van der Waals surface area contributed by atoms with Gasteiger partial charge in [-0.25, -0.2) is 4.79 Å². The van der Waals surface area contributed by atoms with Gasteiger partial charge in [0.15, 0.2) is 0 Å². The molecule has 12 heteroatoms. The average molecular weight is 838 g/mol. The highest BCUT2D eigenvalue weighted by molar-refractivity contribution is 5.90. The highest BCUT2D eigenvalue weighted by Crippen LogP contribution is 2.24. The first-order valence-electron chi connectivity index (χ1n) is 20.9. The van der Waals surface area contributed by atoms with Gasteiger partial charge in [0.05, 0.1) is 83.7 Å². The summed E-state index contributed by atoms with van der Waals surface area (Å²) in [6.07, 6.45) is 8.16. The topological polar surface area (TPSA) is 163 Å². The number of ether oxygens (including phenoxy) is 4. The summed E-state index contributed by atoms with van der Waals surface area (Å²) in [6, 6.07) is 47.8. The van der Waals surface area contributed by atoms with Crippen molar-refractivity contribution in [1.29, 1.82) is 10.5 Å². The van der Waals surface area contributed by atoms with Crippen LogP contribution in [0.4, 0.5) is 28.4 Å². The van der Waals surface area contributed by atoms with Gasteiger partial charge in [-0.3, -0.25) is 4.99 Å². The molecule has 12 nitrogen and oxygen atoms in total. The summed E-state index contributed by atoms with van der Waals surface area (Å²) in [5, 5.41) is 34.7. The van der Waals surface area contributed by atoms with E-state index in [9.17, 15) is 4.79 Å². The third-order valence-corrected chi connectivity index (χ3v) is 9.44. The number of nitriles is 2. The lowest BCUT2D eigenvalue weighted by Gasteiger charge is -2.08. The van der Waals surface area contributed by atoms with Crippen LogP contribution < -0.4 is 14.2 Å². The molecule has 0 radical (unpaired) electrons. The Morgan fingerprint density at radius 3 is 1.19 bits per heavy atom. The zero-order valence-electron chi connectivity index (χ0n) is 34.9. The predicted molar refractivity (Wildman–Crippen MR) is 243 cm³/mol. The molecule has 0 amide bonds. The number of rotatable bonds is 23. The Bertz CT molecular complexity index is 2490. The molecule has 63 heavy (non-hydrogen) atoms. The summed E-state index contributed by atoms with van der Waals surface area (Å²) in [5.41, 5.74) is 6.13. The Hall–Kier alpha value is -7.96. The van der Waals surface area contributed by atoms with Crippen molar-refractivity contribution >= 4 is 40.6 Å². The Morgan fingerprint density at radius 1 is 0.429 bits per heavy atom. The average Bonchev–Trinajstić information content (AvgIpc) is 3.34. The van der Waals surface area contributed by atoms with Gasteiger partial charge in [0, 0.05) is 6.21 Å². The van der Waals surface area contributed by atoms with E-state index in [1.54, 1.807) is 79.0 Å². The fourth-order valence-corrected chi connectivity index (χ4v) is 5.89. The Balaban J connectivity index is 0.772. The van der Waals surface area contributed by atoms with Gasteiger partial charge in [-0.2, -0.15) is 31.0 Å². The van der Waals surface area contributed by atoms with Crippen molar-refractivity contribution in [2.45, 2.75) is 44.9 Å². The van der Waals surface area contributed by atoms with Crippen LogP contribution in [0.2, 0.25) is 0 Å². The van der Waals surface area contributed by atoms with Crippen LogP contribution >= 0.6 is 0 Å². The number of esters is 1. The molecule has 0 aliphatic rings. The van der Waals surface area contributed by atoms with E-state index in [4.69, 9.17) is 29.5 Å². The van der Waals surface area contributed by atoms with E-state index >= 15 is 0 Å². The number of nitrogens with zero attached hydrogens (tertiary/aromatic N) is 7. The molecule has 0 bridgehead atoms. The first-order valence-corrected chi connectivity index (χ1v) is 20.9. The molecule has 0 aromatic heterocycles. The fraction of sp³-hybridized carbons (Fsp3) is 0.216. The molecular formula is C51H47N7O5. The number of benzene rings is 6. The highest BCUT2D eigenvalue weighted by Gasteiger charge is 2.07. The summed E-state index contributed by atoms with van der Waals surface area (Å²) in [7, 11) is 0. The van der Waals surface area contributed by atoms with Crippen molar-refractivity contribution in [3.05, 3.63) is 168 Å². The lowest BCUT2D eigenvalue weighted by molar-refractivity contribution is 0.0497. The summed E-state index contributed by atoms with van der Waals surface area (Å²) in [6.45, 7) is 2.20. The van der Waals surface area contributed by atoms with E-state index in [0.29, 0.717) is 60.2 Å². The second kappa shape index (κ2) is 25.0. The van der Waals surface area contributed by atoms with Crippen molar-refractivity contribution < 1.29 is 23.7 Å². The SMILES string of the molecule is N#Cc1ccc(N=Nc2ccc(OCCCCCCOC(=O)c3ccc(N=Cc4ccc(OCCCCCOc5ccc(N=Nc6ccc(C#N)cc6)cc5)cc4)cc3)cc2)cc1. The molecule has 6 aromatic rings. The molecule has 0 spiro atoms. The number of azo groups is 2. The largest absolute Gasteiger partial charge is 0.494 e. The number of unbranched alkanes of at least 4 members (excludes halogenated alkanes) is 5. The fourth-order valence-electron chi connectivity index (χ4n) is 5.89. The van der Waals surface area contributed by atoms with Gasteiger partial charge in [-0.15, -0.1) is 0 Å². The minimum Gasteiger partial charge on any atom is -0.494 e. The molecule has 0 atom stereocenters. The van der Waals surface area contributed by atoms with Crippen LogP contribution in [0.1, 0.15) is 72.0 Å². The molecule has 6 rings (SSSR count). The number of aliphatic imine (C=N–C) groups is 1. The van der Waals surface area contributed by atoms with Crippen LogP contribution in [-0.4, -0.2) is 38.6 Å². The molecule has 316 valence electrons. The van der Waals surface area contributed by atoms with Crippen LogP contribution in [0.25, 0.3) is 0 Å². The molecular weight excluding hydrogens is 791 g/mol. The van der Waals surface area contributed by atoms with Crippen LogP contribution in [-0.2, 0) is 4.74 Å². The van der Waals surface area contributed by atoms with Gasteiger partial charge in [-0.1, -0.05) is 0 Å². The van der Waals surface area contributed by atoms with E-state index in [2.05, 4.69) is 37.6 Å². The first-order chi connectivity index (χ1) is 31.0. The van der Waals surface area contributed by atoms with Gasteiger partial charge in [0.1, 0.15) is 17.2 Å². The maximum Gasteiger partial charge on any atom is 0.338 e. The van der Waals surface area contributed by atoms with E-state index in [0.717, 1.165) is 79.1 Å². The zero-order valence-corrected chi connectivity index (χ0v) is 34.9. The van der Waals surface area contributed by atoms with Crippen LogP contribution in [0, 0.1) is 22.7 Å². The second-order valence-electron chi connectivity index (χ2n) is 14.2. The third-order valence-electron chi connectivity index (χ3n) is 9.44. The molecule has 0 aliphatic carbocycles. The number of hydrogen-bond acceptors (Lipinski definition) is 12. The summed E-state index contributed by atoms with van der Waals surface area (Å²) in [4.78, 5) is 17.1. The lowest BCUT2D eigenvalue weighted by Crippen LogP contribution is -2.06. The summed E-state index contributed by atoms with van der Waals surface area (Å²) < 4.78 is 23.1. The van der Waals surface area contributed by atoms with Gasteiger partial charge in [0.2, 0.25) is 0 Å². The minimum atomic E-state index is -0.345. The van der Waals surface area contributed by atoms with Crippen LogP contribution in [0.5, 0.6) is 17.2 Å². The third kappa shape index (κ3) is 15.9. The zero-order chi connectivity index (χ0) is 43.7. The number of carbonyl (C=O) groups excluding carboxylic acids is 1. The molecule has 0 heterocycles. The summed E-state index contributed by atoms with van der Waals surface area (Å²) in [5.74, 6) is 2.01. The Kier molecular flexibility index (Phi) is 17.7. The minimum absolute atomic E-state index is 0.345. The monoisotopic (exact) mass is 837 g/mol. The van der Waals surface area contributed by atoms with E-state index < -0.39 is 0 Å². The molecule has 0 saturated heterocycles. The van der Waals surface area contributed by atoms with Crippen molar-refractivity contribution in [3.63, 3.8) is 0 Å². The molecule has 0 fully saturated rings. The summed E-state index contributed by atoms with van der Waals surface area (Å²) >= 11 is 0. The van der Waals surface area contributed by atoms with Crippen molar-refractivity contribution in [2.75, 3.05) is 26.4 Å². The highest BCUT2D eigenvalue weighted by atomic mass is 16.5. The van der Waals surface area contributed by atoms with Crippen LogP contribution in [0.3, 0.4) is 0 Å². The second-order valence-corrected chi connectivity index (χ2v) is 14.2. The molecule has 0 aliphatic heterocycles. The lowest BCUT2D eigenvalue weighted by atomic mass is 10.2. The Morgan fingerprint density at radius 2 is 0.778 bits per heavy atom. The maximum absolute atomic E-state index is 12.6. The smallest absolute Gasteiger partial charge is 0.338 e. The van der Waals surface area contributed by atoms with Crippen LogP contribution in [0.15, 0.2) is 171 Å². The molecule has 0 unspecified atom stereocenters. The van der Waals surface area contributed by atoms with Gasteiger partial charge >= 0.3 is 5.97 Å². The normalized spacial score (nSPS) is 11.1. The van der Waals surface area contributed by atoms with Crippen molar-refractivity contribution in [3.8, 4) is 29.4 Å². The Labute approximate surface area is 367 Å². The standard InChI is InChI=1S/C51H47N7O5/c52-36-39-8-16-44(17-9-39)55-57-46-22-28-49(29-23-46)61-32-4-1-2-5-35-63-51(59)42-14-20-43(21-15-42)54-38-41-12-26-48(27-13-41)60-33-6-3-7-34-62-50-30-24-47(25-31-50)58-56-45-18-10-40(37-53)11-19-45/h8-31,38H,1-7,32-35H2. The quantitative estimate of drug-likeness (QED) is 0.0268. The molecule has 0 N–H and O–H groups in total. The number of hydrogen-bond donors (Lipinski definition) is 0. The van der Waals surface area contributed by atoms with E-state index in [1.165, 1.54) is 0 Å². The van der Waals surface area contributed by atoms with Gasteiger partial charge in [0.25, 0.3) is 0 Å². The van der Waals surface area contributed by atoms with Crippen molar-refractivity contribution in [1.82, 2.24) is 0 Å². The van der Waals surface area contributed by atoms with Crippen molar-refractivity contribution in [2.24, 2.45) is 25.4 Å². The number of carbonyl (C=O) groups is 1. The van der Waals surface area contributed by atoms with E-state index in [-0.39, 0.29) is 5.97 Å². The first kappa shape index (κ1) is 44.6. The van der Waals surface area contributed by atoms with Gasteiger partial charge < -0.3 is 18.9 Å². The molecule has 6 aromatic carbocycles.